The van der Waals surface area contributed by atoms with Crippen LogP contribution < -0.4 is 5.73 Å². The smallest absolute Gasteiger partial charge is 0.475 e. The molecule has 5 rings (SSSR count). The molecule has 0 saturated carbocycles. The SMILES string of the molecule is NCc1ccc2cc(C(=O)N3Cc4ccccc4C(n4cccn4)C3)ccc2c1.O=C(O)C(F)(F)F. The van der Waals surface area contributed by atoms with Gasteiger partial charge in [0.15, 0.2) is 0 Å². The number of fused-ring (bicyclic) bond motifs is 2. The van der Waals surface area contributed by atoms with E-state index in [2.05, 4.69) is 23.3 Å². The molecule has 0 spiro atoms. The zero-order valence-electron chi connectivity index (χ0n) is 19.0. The van der Waals surface area contributed by atoms with Gasteiger partial charge in [0.05, 0.1) is 6.04 Å². The second-order valence-electron chi connectivity index (χ2n) is 8.29. The van der Waals surface area contributed by atoms with E-state index in [0.29, 0.717) is 25.2 Å². The molecular weight excluding hydrogens is 473 g/mol. The molecule has 0 bridgehead atoms. The van der Waals surface area contributed by atoms with Gasteiger partial charge in [0.2, 0.25) is 0 Å². The fourth-order valence-corrected chi connectivity index (χ4v) is 4.16. The Balaban J connectivity index is 0.000000384. The maximum absolute atomic E-state index is 13.4. The second kappa shape index (κ2) is 10.2. The number of nitrogens with zero attached hydrogens (tertiary/aromatic N) is 3. The standard InChI is InChI=1S/C24H22N4O.C2HF3O2/c25-14-17-6-7-19-13-20(9-8-18(19)12-17)24(29)27-15-21-4-1-2-5-22(21)23(16-27)28-11-3-10-26-28;3-2(4,5)1(6)7/h1-13,23H,14-16,25H2;(H,6,7). The van der Waals surface area contributed by atoms with Crippen molar-refractivity contribution in [2.45, 2.75) is 25.3 Å². The van der Waals surface area contributed by atoms with Gasteiger partial charge in [-0.3, -0.25) is 9.48 Å². The van der Waals surface area contributed by atoms with Gasteiger partial charge in [0.1, 0.15) is 0 Å². The molecule has 186 valence electrons. The largest absolute Gasteiger partial charge is 0.490 e. The van der Waals surface area contributed by atoms with Gasteiger partial charge in [-0.15, -0.1) is 0 Å². The summed E-state index contributed by atoms with van der Waals surface area (Å²) in [4.78, 5) is 24.2. The molecule has 2 heterocycles. The summed E-state index contributed by atoms with van der Waals surface area (Å²) in [6, 6.07) is 22.3. The molecule has 1 aliphatic rings. The highest BCUT2D eigenvalue weighted by Crippen LogP contribution is 2.30. The van der Waals surface area contributed by atoms with Crippen LogP contribution in [0.1, 0.15) is 33.1 Å². The molecule has 0 fully saturated rings. The number of nitrogens with two attached hydrogens (primary N) is 1. The molecule has 10 heteroatoms. The van der Waals surface area contributed by atoms with Gasteiger partial charge < -0.3 is 15.7 Å². The molecule has 7 nitrogen and oxygen atoms in total. The molecule has 1 unspecified atom stereocenters. The van der Waals surface area contributed by atoms with E-state index in [1.807, 2.05) is 64.3 Å². The van der Waals surface area contributed by atoms with Gasteiger partial charge >= 0.3 is 12.1 Å². The molecule has 3 N–H and O–H groups in total. The van der Waals surface area contributed by atoms with Crippen molar-refractivity contribution in [2.24, 2.45) is 5.73 Å². The van der Waals surface area contributed by atoms with Crippen LogP contribution in [0.4, 0.5) is 13.2 Å². The Morgan fingerprint density at radius 3 is 2.39 bits per heavy atom. The van der Waals surface area contributed by atoms with Crippen molar-refractivity contribution in [2.75, 3.05) is 6.54 Å². The van der Waals surface area contributed by atoms with Crippen LogP contribution in [0.3, 0.4) is 0 Å². The molecule has 0 aliphatic carbocycles. The zero-order chi connectivity index (χ0) is 25.9. The van der Waals surface area contributed by atoms with Gasteiger partial charge in [-0.2, -0.15) is 18.3 Å². The van der Waals surface area contributed by atoms with Crippen molar-refractivity contribution in [1.82, 2.24) is 14.7 Å². The molecule has 0 saturated heterocycles. The van der Waals surface area contributed by atoms with E-state index in [1.165, 1.54) is 11.1 Å². The average molecular weight is 496 g/mol. The number of carbonyl (C=O) groups excluding carboxylic acids is 1. The van der Waals surface area contributed by atoms with Gasteiger partial charge in [-0.1, -0.05) is 42.5 Å². The van der Waals surface area contributed by atoms with Crippen molar-refractivity contribution < 1.29 is 27.9 Å². The normalized spacial score (nSPS) is 15.1. The van der Waals surface area contributed by atoms with E-state index in [4.69, 9.17) is 15.6 Å². The van der Waals surface area contributed by atoms with E-state index in [1.54, 1.807) is 6.20 Å². The van der Waals surface area contributed by atoms with Crippen molar-refractivity contribution in [3.8, 4) is 0 Å². The molecule has 1 aromatic heterocycles. The van der Waals surface area contributed by atoms with Crippen molar-refractivity contribution in [3.05, 3.63) is 101 Å². The molecule has 4 aromatic rings. The lowest BCUT2D eigenvalue weighted by Gasteiger charge is -2.35. The Morgan fingerprint density at radius 1 is 1.03 bits per heavy atom. The van der Waals surface area contributed by atoms with Crippen molar-refractivity contribution in [3.63, 3.8) is 0 Å². The molecule has 3 aromatic carbocycles. The minimum absolute atomic E-state index is 0.0199. The van der Waals surface area contributed by atoms with Crippen LogP contribution in [0.25, 0.3) is 10.8 Å². The van der Waals surface area contributed by atoms with Crippen LogP contribution in [0, 0.1) is 0 Å². The Kier molecular flexibility index (Phi) is 7.07. The summed E-state index contributed by atoms with van der Waals surface area (Å²) in [6.45, 7) is 1.72. The third-order valence-corrected chi connectivity index (χ3v) is 5.93. The minimum atomic E-state index is -5.08. The van der Waals surface area contributed by atoms with Crippen LogP contribution in [0.15, 0.2) is 79.1 Å². The van der Waals surface area contributed by atoms with Crippen LogP contribution in [0.2, 0.25) is 0 Å². The Morgan fingerprint density at radius 2 is 1.72 bits per heavy atom. The highest BCUT2D eigenvalue weighted by molar-refractivity contribution is 5.98. The van der Waals surface area contributed by atoms with Gasteiger partial charge in [-0.25, -0.2) is 4.79 Å². The molecule has 0 radical (unpaired) electrons. The molecular formula is C26H23F3N4O3. The monoisotopic (exact) mass is 496 g/mol. The van der Waals surface area contributed by atoms with Crippen molar-refractivity contribution in [1.29, 1.82) is 0 Å². The molecule has 36 heavy (non-hydrogen) atoms. The zero-order valence-corrected chi connectivity index (χ0v) is 19.0. The first kappa shape index (κ1) is 24.9. The van der Waals surface area contributed by atoms with E-state index < -0.39 is 12.1 Å². The lowest BCUT2D eigenvalue weighted by atomic mass is 9.94. The van der Waals surface area contributed by atoms with E-state index >= 15 is 0 Å². The van der Waals surface area contributed by atoms with Crippen molar-refractivity contribution >= 4 is 22.6 Å². The summed E-state index contributed by atoms with van der Waals surface area (Å²) in [5.41, 5.74) is 9.93. The Bertz CT molecular complexity index is 1390. The highest BCUT2D eigenvalue weighted by Gasteiger charge is 2.38. The summed E-state index contributed by atoms with van der Waals surface area (Å²) >= 11 is 0. The number of hydrogen-bond donors (Lipinski definition) is 2. The number of carbonyl (C=O) groups is 2. The number of alkyl halides is 3. The predicted octanol–water partition coefficient (Wildman–Crippen LogP) is 4.37. The summed E-state index contributed by atoms with van der Waals surface area (Å²) in [7, 11) is 0. The van der Waals surface area contributed by atoms with Crippen LogP contribution in [-0.2, 0) is 17.9 Å². The Hall–Kier alpha value is -4.18. The third-order valence-electron chi connectivity index (χ3n) is 5.93. The molecule has 1 amide bonds. The molecule has 1 aliphatic heterocycles. The van der Waals surface area contributed by atoms with E-state index in [9.17, 15) is 18.0 Å². The van der Waals surface area contributed by atoms with Gasteiger partial charge in [-0.05, 0) is 51.7 Å². The number of aromatic nitrogens is 2. The summed E-state index contributed by atoms with van der Waals surface area (Å²) in [5, 5.41) is 13.7. The maximum Gasteiger partial charge on any atom is 0.490 e. The topological polar surface area (TPSA) is 101 Å². The number of halogens is 3. The number of amides is 1. The van der Waals surface area contributed by atoms with Crippen LogP contribution in [0.5, 0.6) is 0 Å². The first-order valence-corrected chi connectivity index (χ1v) is 11.1. The average Bonchev–Trinajstić information content (AvgIpc) is 3.41. The number of carboxylic acids is 1. The van der Waals surface area contributed by atoms with Crippen LogP contribution >= 0.6 is 0 Å². The quantitative estimate of drug-likeness (QED) is 0.439. The first-order chi connectivity index (χ1) is 17.2. The highest BCUT2D eigenvalue weighted by atomic mass is 19.4. The first-order valence-electron chi connectivity index (χ1n) is 11.1. The van der Waals surface area contributed by atoms with Gasteiger partial charge in [0, 0.05) is 37.6 Å². The number of benzene rings is 3. The number of carboxylic acid groups (broad SMARTS) is 1. The van der Waals surface area contributed by atoms with Gasteiger partial charge in [0.25, 0.3) is 5.91 Å². The van der Waals surface area contributed by atoms with E-state index in [-0.39, 0.29) is 11.9 Å². The summed E-state index contributed by atoms with van der Waals surface area (Å²) in [5.74, 6) is -2.71. The maximum atomic E-state index is 13.4. The summed E-state index contributed by atoms with van der Waals surface area (Å²) in [6.07, 6.45) is -1.34. The van der Waals surface area contributed by atoms with Crippen LogP contribution in [-0.4, -0.2) is 44.4 Å². The van der Waals surface area contributed by atoms with E-state index in [0.717, 1.165) is 16.3 Å². The fourth-order valence-electron chi connectivity index (χ4n) is 4.16. The third kappa shape index (κ3) is 5.38. The fraction of sp³-hybridized carbons (Fsp3) is 0.192. The second-order valence-corrected chi connectivity index (χ2v) is 8.29. The number of hydrogen-bond acceptors (Lipinski definition) is 4. The minimum Gasteiger partial charge on any atom is -0.475 e. The summed E-state index contributed by atoms with van der Waals surface area (Å²) < 4.78 is 33.7. The number of aliphatic carboxylic acids is 1. The lowest BCUT2D eigenvalue weighted by molar-refractivity contribution is -0.192. The number of rotatable bonds is 3. The predicted molar refractivity (Wildman–Crippen MR) is 127 cm³/mol. The lowest BCUT2D eigenvalue weighted by Crippen LogP contribution is -2.40. The molecule has 1 atom stereocenters. The Labute approximate surface area is 204 Å².